The second kappa shape index (κ2) is 7.80. The van der Waals surface area contributed by atoms with Gasteiger partial charge >= 0.3 is 5.97 Å². The van der Waals surface area contributed by atoms with Crippen molar-refractivity contribution in [3.63, 3.8) is 0 Å². The molecule has 84 valence electrons. The number of rotatable bonds is 7. The van der Waals surface area contributed by atoms with Gasteiger partial charge in [-0.2, -0.15) is 0 Å². The molecule has 0 aliphatic heterocycles. The van der Waals surface area contributed by atoms with E-state index in [2.05, 4.69) is 13.8 Å². The van der Waals surface area contributed by atoms with E-state index in [9.17, 15) is 4.79 Å². The van der Waals surface area contributed by atoms with E-state index < -0.39 is 0 Å². The van der Waals surface area contributed by atoms with E-state index >= 15 is 0 Å². The summed E-state index contributed by atoms with van der Waals surface area (Å²) in [6.45, 7) is 7.18. The second-order valence-corrected chi connectivity index (χ2v) is 4.00. The van der Waals surface area contributed by atoms with E-state index in [0.29, 0.717) is 25.5 Å². The molecule has 0 rings (SSSR count). The van der Waals surface area contributed by atoms with Gasteiger partial charge in [-0.1, -0.05) is 27.2 Å². The van der Waals surface area contributed by atoms with E-state index in [1.165, 1.54) is 0 Å². The van der Waals surface area contributed by atoms with Crippen LogP contribution in [0.2, 0.25) is 0 Å². The Balaban J connectivity index is 3.61. The quantitative estimate of drug-likeness (QED) is 0.640. The van der Waals surface area contributed by atoms with Gasteiger partial charge in [-0.15, -0.1) is 0 Å². The van der Waals surface area contributed by atoms with Crippen LogP contribution >= 0.6 is 0 Å². The van der Waals surface area contributed by atoms with Crippen molar-refractivity contribution in [3.05, 3.63) is 0 Å². The Hall–Kier alpha value is -0.570. The summed E-state index contributed by atoms with van der Waals surface area (Å²) in [5, 5.41) is 0. The van der Waals surface area contributed by atoms with Crippen molar-refractivity contribution in [1.29, 1.82) is 0 Å². The largest absolute Gasteiger partial charge is 0.465 e. The molecule has 0 amide bonds. The van der Waals surface area contributed by atoms with Crippen molar-refractivity contribution in [2.75, 3.05) is 13.2 Å². The van der Waals surface area contributed by atoms with Gasteiger partial charge < -0.3 is 10.5 Å². The van der Waals surface area contributed by atoms with E-state index in [0.717, 1.165) is 12.8 Å². The van der Waals surface area contributed by atoms with Gasteiger partial charge in [0, 0.05) is 0 Å². The van der Waals surface area contributed by atoms with Crippen LogP contribution in [-0.4, -0.2) is 19.1 Å². The average Bonchev–Trinajstić information content (AvgIpc) is 2.15. The Morgan fingerprint density at radius 2 is 2.00 bits per heavy atom. The molecule has 2 N–H and O–H groups in total. The Kier molecular flexibility index (Phi) is 7.48. The molecule has 0 aromatic rings. The minimum absolute atomic E-state index is 0.0613. The number of carbonyl (C=O) groups is 1. The number of hydrogen-bond donors (Lipinski definition) is 1. The molecule has 14 heavy (non-hydrogen) atoms. The van der Waals surface area contributed by atoms with Gasteiger partial charge in [-0.25, -0.2) is 0 Å². The first-order valence-electron chi connectivity index (χ1n) is 5.48. The zero-order valence-electron chi connectivity index (χ0n) is 9.58. The zero-order chi connectivity index (χ0) is 11.0. The number of esters is 1. The zero-order valence-corrected chi connectivity index (χ0v) is 9.58. The number of carbonyl (C=O) groups excluding carboxylic acids is 1. The van der Waals surface area contributed by atoms with Gasteiger partial charge in [-0.05, 0) is 25.3 Å². The normalized spacial score (nSPS) is 14.9. The molecule has 0 bridgehead atoms. The first kappa shape index (κ1) is 13.4. The summed E-state index contributed by atoms with van der Waals surface area (Å²) in [6, 6.07) is 0. The van der Waals surface area contributed by atoms with Gasteiger partial charge in [0.2, 0.25) is 0 Å². The van der Waals surface area contributed by atoms with Gasteiger partial charge in [-0.3, -0.25) is 4.79 Å². The van der Waals surface area contributed by atoms with Crippen LogP contribution in [0.25, 0.3) is 0 Å². The summed E-state index contributed by atoms with van der Waals surface area (Å²) >= 11 is 0. The standard InChI is InChI=1S/C11H23NO2/c1-4-5-9(2)8-14-11(13)10(3)6-7-12/h9-10H,4-8,12H2,1-3H3. The third-order valence-corrected chi connectivity index (χ3v) is 2.29. The monoisotopic (exact) mass is 201 g/mol. The van der Waals surface area contributed by atoms with Crippen LogP contribution in [-0.2, 0) is 9.53 Å². The lowest BCUT2D eigenvalue weighted by molar-refractivity contribution is -0.149. The van der Waals surface area contributed by atoms with Crippen LogP contribution < -0.4 is 5.73 Å². The first-order chi connectivity index (χ1) is 6.61. The summed E-state index contributed by atoms with van der Waals surface area (Å²) in [7, 11) is 0. The van der Waals surface area contributed by atoms with Gasteiger partial charge in [0.1, 0.15) is 0 Å². The van der Waals surface area contributed by atoms with Crippen molar-refractivity contribution in [3.8, 4) is 0 Å². The number of hydrogen-bond acceptors (Lipinski definition) is 3. The summed E-state index contributed by atoms with van der Waals surface area (Å²) in [5.74, 6) is 0.293. The van der Waals surface area contributed by atoms with E-state index in [1.54, 1.807) is 0 Å². The van der Waals surface area contributed by atoms with Crippen molar-refractivity contribution in [2.45, 2.75) is 40.0 Å². The van der Waals surface area contributed by atoms with Gasteiger partial charge in [0.15, 0.2) is 0 Å². The maximum Gasteiger partial charge on any atom is 0.308 e. The van der Waals surface area contributed by atoms with Crippen molar-refractivity contribution in [2.24, 2.45) is 17.6 Å². The molecular weight excluding hydrogens is 178 g/mol. The predicted octanol–water partition coefficient (Wildman–Crippen LogP) is 1.95. The van der Waals surface area contributed by atoms with E-state index in [-0.39, 0.29) is 11.9 Å². The first-order valence-corrected chi connectivity index (χ1v) is 5.48. The molecule has 0 aromatic carbocycles. The third kappa shape index (κ3) is 5.97. The highest BCUT2D eigenvalue weighted by Crippen LogP contribution is 2.08. The molecule has 0 spiro atoms. The lowest BCUT2D eigenvalue weighted by Crippen LogP contribution is -2.20. The Bertz CT molecular complexity index is 159. The molecule has 0 aliphatic rings. The van der Waals surface area contributed by atoms with Crippen LogP contribution in [0.5, 0.6) is 0 Å². The third-order valence-electron chi connectivity index (χ3n) is 2.29. The average molecular weight is 201 g/mol. The molecule has 0 aromatic heterocycles. The fourth-order valence-corrected chi connectivity index (χ4v) is 1.31. The smallest absolute Gasteiger partial charge is 0.308 e. The number of ether oxygens (including phenoxy) is 1. The van der Waals surface area contributed by atoms with Gasteiger partial charge in [0.05, 0.1) is 12.5 Å². The van der Waals surface area contributed by atoms with Crippen molar-refractivity contribution in [1.82, 2.24) is 0 Å². The highest BCUT2D eigenvalue weighted by atomic mass is 16.5. The second-order valence-electron chi connectivity index (χ2n) is 4.00. The molecule has 0 radical (unpaired) electrons. The lowest BCUT2D eigenvalue weighted by Gasteiger charge is -2.13. The topological polar surface area (TPSA) is 52.3 Å². The SMILES string of the molecule is CCCC(C)COC(=O)C(C)CCN. The van der Waals surface area contributed by atoms with Crippen LogP contribution in [0.15, 0.2) is 0 Å². The molecular formula is C11H23NO2. The highest BCUT2D eigenvalue weighted by molar-refractivity contribution is 5.71. The van der Waals surface area contributed by atoms with E-state index in [1.807, 2.05) is 6.92 Å². The van der Waals surface area contributed by atoms with E-state index in [4.69, 9.17) is 10.5 Å². The lowest BCUT2D eigenvalue weighted by atomic mass is 10.1. The molecule has 3 nitrogen and oxygen atoms in total. The predicted molar refractivity (Wildman–Crippen MR) is 57.9 cm³/mol. The summed E-state index contributed by atoms with van der Waals surface area (Å²) < 4.78 is 5.18. The molecule has 0 aliphatic carbocycles. The molecule has 2 atom stereocenters. The fourth-order valence-electron chi connectivity index (χ4n) is 1.31. The molecule has 0 saturated carbocycles. The Morgan fingerprint density at radius 3 is 2.50 bits per heavy atom. The molecule has 0 heterocycles. The number of nitrogens with two attached hydrogens (primary N) is 1. The summed E-state index contributed by atoms with van der Waals surface area (Å²) in [4.78, 5) is 11.4. The minimum Gasteiger partial charge on any atom is -0.465 e. The molecule has 0 fully saturated rings. The molecule has 0 saturated heterocycles. The summed E-state index contributed by atoms with van der Waals surface area (Å²) in [5.41, 5.74) is 5.36. The Morgan fingerprint density at radius 1 is 1.36 bits per heavy atom. The Labute approximate surface area is 87.0 Å². The highest BCUT2D eigenvalue weighted by Gasteiger charge is 2.14. The van der Waals surface area contributed by atoms with Crippen LogP contribution in [0.3, 0.4) is 0 Å². The molecule has 2 unspecified atom stereocenters. The van der Waals surface area contributed by atoms with Crippen LogP contribution in [0, 0.1) is 11.8 Å². The fraction of sp³-hybridized carbons (Fsp3) is 0.909. The van der Waals surface area contributed by atoms with Crippen LogP contribution in [0.1, 0.15) is 40.0 Å². The minimum atomic E-state index is -0.113. The van der Waals surface area contributed by atoms with Crippen molar-refractivity contribution < 1.29 is 9.53 Å². The summed E-state index contributed by atoms with van der Waals surface area (Å²) in [6.07, 6.45) is 2.95. The molecule has 3 heteroatoms. The maximum absolute atomic E-state index is 11.4. The van der Waals surface area contributed by atoms with Crippen molar-refractivity contribution >= 4 is 5.97 Å². The maximum atomic E-state index is 11.4. The van der Waals surface area contributed by atoms with Gasteiger partial charge in [0.25, 0.3) is 0 Å². The van der Waals surface area contributed by atoms with Crippen LogP contribution in [0.4, 0.5) is 0 Å².